The maximum Gasteiger partial charge on any atom is 0.416 e. The van der Waals surface area contributed by atoms with Crippen LogP contribution in [0.2, 0.25) is 5.04 Å². The molecular weight excluding hydrogens is 798 g/mol. The van der Waals surface area contributed by atoms with Crippen LogP contribution in [0.5, 0.6) is 11.5 Å². The Balaban J connectivity index is 0.921. The number of likely N-dealkylation sites (tertiary alicyclic amines) is 1. The minimum atomic E-state index is -4.48. The third kappa shape index (κ3) is 11.9. The summed E-state index contributed by atoms with van der Waals surface area (Å²) in [6.07, 6.45) is -2.76. The second-order valence-corrected chi connectivity index (χ2v) is 20.5. The fourth-order valence-corrected chi connectivity index (χ4v) is 12.2. The van der Waals surface area contributed by atoms with Crippen LogP contribution in [0.3, 0.4) is 0 Å². The van der Waals surface area contributed by atoms with E-state index in [1.165, 1.54) is 28.6 Å². The van der Waals surface area contributed by atoms with Crippen LogP contribution >= 0.6 is 0 Å². The first kappa shape index (κ1) is 44.8. The molecule has 5 aromatic rings. The van der Waals surface area contributed by atoms with E-state index in [4.69, 9.17) is 13.9 Å². The number of nitrogens with one attached hydrogen (secondary N) is 3. The minimum Gasteiger partial charge on any atom is -0.534 e. The van der Waals surface area contributed by atoms with Gasteiger partial charge in [0.2, 0.25) is 0 Å². The van der Waals surface area contributed by atoms with Crippen molar-refractivity contribution in [2.24, 2.45) is 0 Å². The molecule has 6 rings (SSSR count). The maximum absolute atomic E-state index is 13.3. The van der Waals surface area contributed by atoms with Crippen LogP contribution < -0.4 is 35.5 Å². The number of benzene rings is 5. The smallest absolute Gasteiger partial charge is 0.416 e. The Morgan fingerprint density at radius 1 is 0.803 bits per heavy atom. The molecule has 13 heteroatoms. The van der Waals surface area contributed by atoms with E-state index in [2.05, 4.69) is 97.4 Å². The maximum atomic E-state index is 13.3. The van der Waals surface area contributed by atoms with Gasteiger partial charge in [-0.3, -0.25) is 4.79 Å². The zero-order valence-electron chi connectivity index (χ0n) is 34.9. The highest BCUT2D eigenvalue weighted by atomic mass is 28.4. The number of piperidine rings is 1. The van der Waals surface area contributed by atoms with Crippen LogP contribution in [-0.4, -0.2) is 70.7 Å². The average Bonchev–Trinajstić information content (AvgIpc) is 3.26. The molecule has 0 saturated carbocycles. The monoisotopic (exact) mass is 852 g/mol. The molecular formula is C48H55F3N4O5Si. The zero-order chi connectivity index (χ0) is 43.3. The number of nitrogens with zero attached hydrogens (tertiary/aromatic N) is 1. The van der Waals surface area contributed by atoms with E-state index in [1.54, 1.807) is 4.90 Å². The molecule has 322 valence electrons. The van der Waals surface area contributed by atoms with Crippen molar-refractivity contribution in [1.29, 1.82) is 0 Å². The lowest BCUT2D eigenvalue weighted by atomic mass is 10.0. The van der Waals surface area contributed by atoms with Gasteiger partial charge < -0.3 is 34.8 Å². The van der Waals surface area contributed by atoms with Gasteiger partial charge in [0.25, 0.3) is 6.47 Å². The van der Waals surface area contributed by atoms with E-state index < -0.39 is 26.2 Å². The largest absolute Gasteiger partial charge is 0.534 e. The molecule has 0 aromatic heterocycles. The highest BCUT2D eigenvalue weighted by Crippen LogP contribution is 2.38. The second kappa shape index (κ2) is 20.6. The summed E-state index contributed by atoms with van der Waals surface area (Å²) in [5.41, 5.74) is 1.42. The van der Waals surface area contributed by atoms with Crippen molar-refractivity contribution < 1.29 is 36.7 Å². The van der Waals surface area contributed by atoms with E-state index in [9.17, 15) is 22.8 Å². The minimum absolute atomic E-state index is 0.0394. The van der Waals surface area contributed by atoms with Crippen LogP contribution in [0.4, 0.5) is 23.7 Å². The van der Waals surface area contributed by atoms with Crippen LogP contribution in [0.1, 0.15) is 50.3 Å². The Morgan fingerprint density at radius 3 is 1.98 bits per heavy atom. The van der Waals surface area contributed by atoms with Crippen molar-refractivity contribution in [3.05, 3.63) is 150 Å². The lowest BCUT2D eigenvalue weighted by molar-refractivity contribution is -0.138. The molecule has 0 bridgehead atoms. The number of ether oxygens (including phenoxy) is 2. The van der Waals surface area contributed by atoms with Crippen LogP contribution in [-0.2, 0) is 28.7 Å². The van der Waals surface area contributed by atoms with Crippen molar-refractivity contribution in [3.8, 4) is 11.5 Å². The lowest BCUT2D eigenvalue weighted by Crippen LogP contribution is -2.68. The van der Waals surface area contributed by atoms with Crippen molar-refractivity contribution in [2.75, 3.05) is 38.1 Å². The summed E-state index contributed by atoms with van der Waals surface area (Å²) in [6.45, 7) is 9.26. The summed E-state index contributed by atoms with van der Waals surface area (Å²) in [6, 6.07) is 41.9. The van der Waals surface area contributed by atoms with Crippen molar-refractivity contribution in [2.45, 2.75) is 69.9 Å². The third-order valence-electron chi connectivity index (χ3n) is 11.0. The molecule has 1 fully saturated rings. The molecule has 9 nitrogen and oxygen atoms in total. The second-order valence-electron chi connectivity index (χ2n) is 16.3. The standard InChI is InChI=1S/C48H55F3N4O5Si/c1-47(2,3)61(43-13-6-4-7-14-43,44-15-8-5-9-16-44)60-41-24-22-40(23-25-41)58-34-42(59-35-56)33-52-29-26-36-18-20-38(21-19-36)54-39-27-30-55(31-28-39)46(57)53-32-37-12-10-11-17-45(37)48(49,50)51/h4-25,35,39,42,52,54H,26-34H2,1-3H3,(H,53,57)/t42-/m0/s1. The Hall–Kier alpha value is -5.79. The predicted octanol–water partition coefficient (Wildman–Crippen LogP) is 8.18. The molecule has 0 spiro atoms. The Labute approximate surface area is 357 Å². The first-order valence-electron chi connectivity index (χ1n) is 20.7. The van der Waals surface area contributed by atoms with E-state index in [0.29, 0.717) is 51.2 Å². The number of urea groups is 1. The van der Waals surface area contributed by atoms with Gasteiger partial charge in [-0.15, -0.1) is 0 Å². The van der Waals surface area contributed by atoms with Gasteiger partial charge in [0, 0.05) is 37.9 Å². The zero-order valence-corrected chi connectivity index (χ0v) is 35.9. The Morgan fingerprint density at radius 2 is 1.39 bits per heavy atom. The van der Waals surface area contributed by atoms with E-state index in [-0.39, 0.29) is 35.8 Å². The first-order chi connectivity index (χ1) is 29.4. The average molecular weight is 853 g/mol. The Bertz CT molecular complexity index is 2090. The number of anilines is 1. The topological polar surface area (TPSA) is 101 Å². The van der Waals surface area contributed by atoms with Gasteiger partial charge >= 0.3 is 20.5 Å². The van der Waals surface area contributed by atoms with E-state index >= 15 is 0 Å². The van der Waals surface area contributed by atoms with E-state index in [0.717, 1.165) is 29.5 Å². The third-order valence-corrected chi connectivity index (χ3v) is 16.0. The quantitative estimate of drug-likeness (QED) is 0.0465. The summed E-state index contributed by atoms with van der Waals surface area (Å²) in [5.74, 6) is 1.40. The van der Waals surface area contributed by atoms with Crippen LogP contribution in [0, 0.1) is 0 Å². The van der Waals surface area contributed by atoms with Crippen LogP contribution in [0.15, 0.2) is 133 Å². The van der Waals surface area contributed by atoms with Gasteiger partial charge in [-0.2, -0.15) is 13.2 Å². The summed E-state index contributed by atoms with van der Waals surface area (Å²) in [4.78, 5) is 25.7. The van der Waals surface area contributed by atoms with Crippen LogP contribution in [0.25, 0.3) is 0 Å². The highest BCUT2D eigenvalue weighted by molar-refractivity contribution is 7.00. The molecule has 1 aliphatic heterocycles. The molecule has 3 N–H and O–H groups in total. The van der Waals surface area contributed by atoms with Gasteiger partial charge in [0.1, 0.15) is 24.2 Å². The normalized spacial score (nSPS) is 14.2. The van der Waals surface area contributed by atoms with Gasteiger partial charge in [0.15, 0.2) is 0 Å². The molecule has 1 saturated heterocycles. The van der Waals surface area contributed by atoms with Gasteiger partial charge in [0.05, 0.1) is 5.56 Å². The molecule has 0 unspecified atom stereocenters. The van der Waals surface area contributed by atoms with Gasteiger partial charge in [-0.05, 0) is 94.8 Å². The number of halogens is 3. The number of carbonyl (C=O) groups is 2. The molecule has 5 aromatic carbocycles. The molecule has 2 amide bonds. The lowest BCUT2D eigenvalue weighted by Gasteiger charge is -2.43. The highest BCUT2D eigenvalue weighted by Gasteiger charge is 2.52. The summed E-state index contributed by atoms with van der Waals surface area (Å²) in [5, 5.41) is 11.8. The van der Waals surface area contributed by atoms with Crippen molar-refractivity contribution >= 4 is 36.9 Å². The SMILES string of the molecule is CC(C)(C)[Si](Oc1ccc(OC[C@H](CNCCc2ccc(NC3CCN(C(=O)NCc4ccccc4C(F)(F)F)CC3)cc2)OC=O)cc1)(c1ccccc1)c1ccccc1. The van der Waals surface area contributed by atoms with Crippen molar-refractivity contribution in [1.82, 2.24) is 15.5 Å². The first-order valence-corrected chi connectivity index (χ1v) is 22.6. The Kier molecular flexibility index (Phi) is 15.1. The summed E-state index contributed by atoms with van der Waals surface area (Å²) >= 11 is 0. The number of rotatable bonds is 18. The molecule has 1 heterocycles. The number of hydrogen-bond donors (Lipinski definition) is 3. The number of carbonyl (C=O) groups excluding carboxylic acids is 2. The molecule has 61 heavy (non-hydrogen) atoms. The number of hydrogen-bond acceptors (Lipinski definition) is 7. The number of alkyl halides is 3. The fourth-order valence-electron chi connectivity index (χ4n) is 7.80. The van der Waals surface area contributed by atoms with E-state index in [1.807, 2.05) is 48.5 Å². The molecule has 1 aliphatic rings. The van der Waals surface area contributed by atoms with Crippen molar-refractivity contribution in [3.63, 3.8) is 0 Å². The molecule has 1 atom stereocenters. The van der Waals surface area contributed by atoms with Gasteiger partial charge in [-0.1, -0.05) is 112 Å². The molecule has 0 radical (unpaired) electrons. The summed E-state index contributed by atoms with van der Waals surface area (Å²) < 4.78 is 58.5. The summed E-state index contributed by atoms with van der Waals surface area (Å²) in [7, 11) is -2.78. The molecule has 0 aliphatic carbocycles. The van der Waals surface area contributed by atoms with Gasteiger partial charge in [-0.25, -0.2) is 4.79 Å². The predicted molar refractivity (Wildman–Crippen MR) is 236 cm³/mol. The fraction of sp³-hybridized carbons (Fsp3) is 0.333. The number of amides is 2.